The topological polar surface area (TPSA) is 71.4 Å². The zero-order chi connectivity index (χ0) is 23.8. The van der Waals surface area contributed by atoms with Crippen molar-refractivity contribution >= 4 is 40.9 Å². The Hall–Kier alpha value is -3.46. The summed E-state index contributed by atoms with van der Waals surface area (Å²) in [5.41, 5.74) is 3.09. The van der Waals surface area contributed by atoms with E-state index in [1.807, 2.05) is 56.3 Å². The zero-order valence-corrected chi connectivity index (χ0v) is 19.7. The molecular formula is C26H22Cl2N2O3. The van der Waals surface area contributed by atoms with Crippen LogP contribution in [0.25, 0.3) is 6.08 Å². The van der Waals surface area contributed by atoms with Crippen molar-refractivity contribution in [3.8, 4) is 17.6 Å². The predicted octanol–water partition coefficient (Wildman–Crippen LogP) is 6.61. The minimum atomic E-state index is -0.550. The summed E-state index contributed by atoms with van der Waals surface area (Å²) in [7, 11) is 0. The maximum Gasteiger partial charge on any atom is 0.266 e. The predicted molar refractivity (Wildman–Crippen MR) is 132 cm³/mol. The van der Waals surface area contributed by atoms with E-state index in [0.717, 1.165) is 16.9 Å². The van der Waals surface area contributed by atoms with Gasteiger partial charge in [-0.25, -0.2) is 0 Å². The van der Waals surface area contributed by atoms with Crippen LogP contribution in [-0.4, -0.2) is 19.1 Å². The molecule has 0 saturated carbocycles. The van der Waals surface area contributed by atoms with Gasteiger partial charge in [0.2, 0.25) is 0 Å². The van der Waals surface area contributed by atoms with Crippen LogP contribution in [0.4, 0.5) is 5.69 Å². The van der Waals surface area contributed by atoms with E-state index in [2.05, 4.69) is 5.32 Å². The van der Waals surface area contributed by atoms with Gasteiger partial charge in [-0.2, -0.15) is 5.26 Å². The van der Waals surface area contributed by atoms with Gasteiger partial charge in [0, 0.05) is 16.3 Å². The van der Waals surface area contributed by atoms with Gasteiger partial charge < -0.3 is 14.8 Å². The fraction of sp³-hybridized carbons (Fsp3) is 0.154. The second-order valence-corrected chi connectivity index (χ2v) is 8.15. The Labute approximate surface area is 203 Å². The number of aryl methyl sites for hydroxylation is 2. The summed E-state index contributed by atoms with van der Waals surface area (Å²) in [4.78, 5) is 12.6. The van der Waals surface area contributed by atoms with Crippen LogP contribution in [0.5, 0.6) is 11.5 Å². The average molecular weight is 481 g/mol. The monoisotopic (exact) mass is 480 g/mol. The normalized spacial score (nSPS) is 10.9. The van der Waals surface area contributed by atoms with Crippen molar-refractivity contribution in [2.75, 3.05) is 18.5 Å². The lowest BCUT2D eigenvalue weighted by molar-refractivity contribution is -0.112. The molecule has 3 rings (SSSR count). The minimum absolute atomic E-state index is 0.116. The smallest absolute Gasteiger partial charge is 0.266 e. The molecule has 0 aliphatic rings. The first-order chi connectivity index (χ1) is 15.9. The van der Waals surface area contributed by atoms with Crippen molar-refractivity contribution in [3.05, 3.63) is 93.0 Å². The van der Waals surface area contributed by atoms with E-state index >= 15 is 0 Å². The fourth-order valence-corrected chi connectivity index (χ4v) is 3.48. The van der Waals surface area contributed by atoms with Crippen molar-refractivity contribution in [1.29, 1.82) is 5.26 Å². The maximum absolute atomic E-state index is 12.6. The number of ether oxygens (including phenoxy) is 2. The molecule has 1 amide bonds. The number of carbonyl (C=O) groups is 1. The molecule has 3 aromatic carbocycles. The number of amides is 1. The van der Waals surface area contributed by atoms with E-state index in [1.54, 1.807) is 18.2 Å². The van der Waals surface area contributed by atoms with Crippen LogP contribution >= 0.6 is 23.2 Å². The summed E-state index contributed by atoms with van der Waals surface area (Å²) >= 11 is 12.5. The zero-order valence-electron chi connectivity index (χ0n) is 18.2. The van der Waals surface area contributed by atoms with Crippen molar-refractivity contribution in [3.63, 3.8) is 0 Å². The van der Waals surface area contributed by atoms with Crippen LogP contribution in [0.3, 0.4) is 0 Å². The SMILES string of the molecule is Cc1ccc(NC(=O)C(C#N)=Cc2cc(Cl)cc(Cl)c2OCCOc2ccc(C)cc2)cc1. The Morgan fingerprint density at radius 3 is 2.21 bits per heavy atom. The van der Waals surface area contributed by atoms with Crippen LogP contribution < -0.4 is 14.8 Å². The molecular weight excluding hydrogens is 459 g/mol. The lowest BCUT2D eigenvalue weighted by atomic mass is 10.1. The highest BCUT2D eigenvalue weighted by Crippen LogP contribution is 2.34. The second-order valence-electron chi connectivity index (χ2n) is 7.31. The molecule has 5 nitrogen and oxygen atoms in total. The number of carbonyl (C=O) groups excluding carboxylic acids is 1. The Morgan fingerprint density at radius 2 is 1.58 bits per heavy atom. The molecule has 3 aromatic rings. The first kappa shape index (κ1) is 24.2. The number of halogens is 2. The van der Waals surface area contributed by atoms with Gasteiger partial charge in [-0.05, 0) is 56.3 Å². The van der Waals surface area contributed by atoms with E-state index in [4.69, 9.17) is 32.7 Å². The molecule has 0 bridgehead atoms. The number of hydrogen-bond acceptors (Lipinski definition) is 4. The average Bonchev–Trinajstić information content (AvgIpc) is 2.78. The van der Waals surface area contributed by atoms with E-state index < -0.39 is 5.91 Å². The second kappa shape index (κ2) is 11.4. The Balaban J connectivity index is 1.74. The number of rotatable bonds is 8. The van der Waals surface area contributed by atoms with E-state index in [9.17, 15) is 10.1 Å². The number of nitriles is 1. The Kier molecular flexibility index (Phi) is 8.37. The molecule has 0 saturated heterocycles. The van der Waals surface area contributed by atoms with Crippen LogP contribution in [-0.2, 0) is 4.79 Å². The molecule has 7 heteroatoms. The van der Waals surface area contributed by atoms with Crippen LogP contribution in [0.15, 0.2) is 66.2 Å². The third kappa shape index (κ3) is 7.01. The molecule has 0 atom stereocenters. The first-order valence-corrected chi connectivity index (χ1v) is 10.9. The fourth-order valence-electron chi connectivity index (χ4n) is 2.92. The highest BCUT2D eigenvalue weighted by atomic mass is 35.5. The lowest BCUT2D eigenvalue weighted by Gasteiger charge is -2.13. The summed E-state index contributed by atoms with van der Waals surface area (Å²) in [6.07, 6.45) is 1.40. The molecule has 0 spiro atoms. The van der Waals surface area contributed by atoms with Crippen LogP contribution in [0.1, 0.15) is 16.7 Å². The van der Waals surface area contributed by atoms with Crippen molar-refractivity contribution < 1.29 is 14.3 Å². The third-order valence-corrected chi connectivity index (χ3v) is 5.13. The highest BCUT2D eigenvalue weighted by Gasteiger charge is 2.15. The summed E-state index contributed by atoms with van der Waals surface area (Å²) < 4.78 is 11.5. The van der Waals surface area contributed by atoms with Crippen molar-refractivity contribution in [2.45, 2.75) is 13.8 Å². The van der Waals surface area contributed by atoms with Gasteiger partial charge in [-0.15, -0.1) is 0 Å². The number of nitrogens with one attached hydrogen (secondary N) is 1. The lowest BCUT2D eigenvalue weighted by Crippen LogP contribution is -2.13. The maximum atomic E-state index is 12.6. The summed E-state index contributed by atoms with van der Waals surface area (Å²) in [6.45, 7) is 4.43. The number of anilines is 1. The van der Waals surface area contributed by atoms with E-state index in [-0.39, 0.29) is 23.8 Å². The van der Waals surface area contributed by atoms with Gasteiger partial charge in [0.15, 0.2) is 0 Å². The molecule has 0 radical (unpaired) electrons. The summed E-state index contributed by atoms with van der Waals surface area (Å²) in [6, 6.07) is 20.0. The standard InChI is InChI=1S/C26H22Cl2N2O3/c1-17-3-7-22(8-4-17)30-26(31)20(16-29)13-19-14-21(27)15-24(28)25(19)33-12-11-32-23-9-5-18(2)6-10-23/h3-10,13-15H,11-12H2,1-2H3,(H,30,31). The van der Waals surface area contributed by atoms with E-state index in [1.165, 1.54) is 12.1 Å². The summed E-state index contributed by atoms with van der Waals surface area (Å²) in [5.74, 6) is 0.488. The van der Waals surface area contributed by atoms with Crippen LogP contribution in [0.2, 0.25) is 10.0 Å². The minimum Gasteiger partial charge on any atom is -0.490 e. The molecule has 0 unspecified atom stereocenters. The van der Waals surface area contributed by atoms with Crippen molar-refractivity contribution in [2.24, 2.45) is 0 Å². The van der Waals surface area contributed by atoms with Gasteiger partial charge >= 0.3 is 0 Å². The van der Waals surface area contributed by atoms with Crippen LogP contribution in [0, 0.1) is 25.2 Å². The summed E-state index contributed by atoms with van der Waals surface area (Å²) in [5, 5.41) is 12.9. The molecule has 168 valence electrons. The molecule has 33 heavy (non-hydrogen) atoms. The molecule has 1 N–H and O–H groups in total. The third-order valence-electron chi connectivity index (χ3n) is 4.63. The van der Waals surface area contributed by atoms with Gasteiger partial charge in [0.1, 0.15) is 36.4 Å². The van der Waals surface area contributed by atoms with Gasteiger partial charge in [-0.3, -0.25) is 4.79 Å². The molecule has 0 aromatic heterocycles. The molecule has 0 aliphatic heterocycles. The molecule has 0 aliphatic carbocycles. The highest BCUT2D eigenvalue weighted by molar-refractivity contribution is 6.36. The Morgan fingerprint density at radius 1 is 0.970 bits per heavy atom. The van der Waals surface area contributed by atoms with E-state index in [0.29, 0.717) is 22.0 Å². The molecule has 0 fully saturated rings. The van der Waals surface area contributed by atoms with Gasteiger partial charge in [-0.1, -0.05) is 58.6 Å². The number of nitrogens with zero attached hydrogens (tertiary/aromatic N) is 1. The largest absolute Gasteiger partial charge is 0.490 e. The quantitative estimate of drug-likeness (QED) is 0.223. The van der Waals surface area contributed by atoms with Gasteiger partial charge in [0.05, 0.1) is 5.02 Å². The first-order valence-electron chi connectivity index (χ1n) is 10.2. The van der Waals surface area contributed by atoms with Crippen molar-refractivity contribution in [1.82, 2.24) is 0 Å². The molecule has 0 heterocycles. The van der Waals surface area contributed by atoms with Gasteiger partial charge in [0.25, 0.3) is 5.91 Å². The number of hydrogen-bond donors (Lipinski definition) is 1. The Bertz CT molecular complexity index is 1200. The number of benzene rings is 3.